The molecule has 0 spiro atoms. The normalized spacial score (nSPS) is 10.1. The van der Waals surface area contributed by atoms with Crippen LogP contribution in [0.2, 0.25) is 0 Å². The second kappa shape index (κ2) is 6.02. The Morgan fingerprint density at radius 2 is 1.70 bits per heavy atom. The van der Waals surface area contributed by atoms with E-state index < -0.39 is 6.03 Å². The molecule has 0 aliphatic rings. The first-order chi connectivity index (χ1) is 9.56. The van der Waals surface area contributed by atoms with Gasteiger partial charge in [-0.1, -0.05) is 42.0 Å². The number of hydrogen-bond donors (Lipinski definition) is 2. The van der Waals surface area contributed by atoms with Gasteiger partial charge in [0.2, 0.25) is 0 Å². The number of benzene rings is 2. The van der Waals surface area contributed by atoms with Crippen LogP contribution in [0.5, 0.6) is 0 Å². The second-order valence-corrected chi connectivity index (χ2v) is 4.62. The van der Waals surface area contributed by atoms with Gasteiger partial charge in [0, 0.05) is 12.0 Å². The Morgan fingerprint density at radius 3 is 2.35 bits per heavy atom. The predicted molar refractivity (Wildman–Crippen MR) is 78.9 cm³/mol. The smallest absolute Gasteiger partial charge is 0.316 e. The Bertz CT molecular complexity index is 633. The van der Waals surface area contributed by atoms with E-state index in [4.69, 9.17) is 5.73 Å². The third kappa shape index (κ3) is 3.45. The minimum Gasteiger partial charge on any atom is -0.351 e. The standard InChI is InChI=1S/C16H16N2O2/c1-11-6-8-12(9-7-11)10-15(19)13-4-2-3-5-14(13)18-16(17)20/h2-9H,10H2,1H3,(H3,17,18,20). The number of hydrogen-bond acceptors (Lipinski definition) is 2. The van der Waals surface area contributed by atoms with Crippen LogP contribution in [0.3, 0.4) is 0 Å². The molecule has 0 bridgehead atoms. The van der Waals surface area contributed by atoms with Crippen molar-refractivity contribution in [3.8, 4) is 0 Å². The minimum absolute atomic E-state index is 0.0572. The van der Waals surface area contributed by atoms with Crippen molar-refractivity contribution >= 4 is 17.5 Å². The number of nitrogens with one attached hydrogen (secondary N) is 1. The monoisotopic (exact) mass is 268 g/mol. The molecule has 0 aliphatic heterocycles. The lowest BCUT2D eigenvalue weighted by atomic mass is 10.0. The summed E-state index contributed by atoms with van der Waals surface area (Å²) in [5, 5.41) is 2.47. The first kappa shape index (κ1) is 13.8. The molecule has 0 atom stereocenters. The Balaban J connectivity index is 2.20. The highest BCUT2D eigenvalue weighted by Gasteiger charge is 2.12. The van der Waals surface area contributed by atoms with Gasteiger partial charge in [-0.3, -0.25) is 4.79 Å². The minimum atomic E-state index is -0.680. The lowest BCUT2D eigenvalue weighted by molar-refractivity contribution is 0.0994. The Morgan fingerprint density at radius 1 is 1.05 bits per heavy atom. The molecule has 0 unspecified atom stereocenters. The molecule has 20 heavy (non-hydrogen) atoms. The van der Waals surface area contributed by atoms with Crippen LogP contribution in [-0.2, 0) is 6.42 Å². The number of amides is 2. The van der Waals surface area contributed by atoms with Gasteiger partial charge in [0.25, 0.3) is 0 Å². The summed E-state index contributed by atoms with van der Waals surface area (Å²) in [6, 6.07) is 14.0. The third-order valence-electron chi connectivity index (χ3n) is 2.97. The maximum absolute atomic E-state index is 12.3. The molecule has 2 aromatic rings. The van der Waals surface area contributed by atoms with Gasteiger partial charge in [0.15, 0.2) is 5.78 Å². The summed E-state index contributed by atoms with van der Waals surface area (Å²) in [5.41, 5.74) is 8.10. The number of nitrogens with two attached hydrogens (primary N) is 1. The Kier molecular flexibility index (Phi) is 4.15. The number of primary amides is 1. The molecule has 3 N–H and O–H groups in total. The average molecular weight is 268 g/mol. The highest BCUT2D eigenvalue weighted by atomic mass is 16.2. The van der Waals surface area contributed by atoms with Crippen molar-refractivity contribution in [3.63, 3.8) is 0 Å². The van der Waals surface area contributed by atoms with E-state index in [2.05, 4.69) is 5.32 Å². The van der Waals surface area contributed by atoms with Crippen LogP contribution in [-0.4, -0.2) is 11.8 Å². The van der Waals surface area contributed by atoms with Gasteiger partial charge in [0.05, 0.1) is 5.69 Å². The molecule has 0 heterocycles. The summed E-state index contributed by atoms with van der Waals surface area (Å²) >= 11 is 0. The molecule has 0 saturated heterocycles. The Hall–Kier alpha value is -2.62. The molecule has 4 nitrogen and oxygen atoms in total. The first-order valence-electron chi connectivity index (χ1n) is 6.30. The molecule has 4 heteroatoms. The van der Waals surface area contributed by atoms with Gasteiger partial charge in [-0.05, 0) is 24.6 Å². The van der Waals surface area contributed by atoms with Gasteiger partial charge < -0.3 is 11.1 Å². The molecule has 0 fully saturated rings. The molecule has 0 radical (unpaired) electrons. The van der Waals surface area contributed by atoms with E-state index in [-0.39, 0.29) is 12.2 Å². The van der Waals surface area contributed by atoms with Crippen molar-refractivity contribution in [2.45, 2.75) is 13.3 Å². The molecule has 102 valence electrons. The van der Waals surface area contributed by atoms with Crippen LogP contribution in [0.25, 0.3) is 0 Å². The summed E-state index contributed by atoms with van der Waals surface area (Å²) < 4.78 is 0. The summed E-state index contributed by atoms with van der Waals surface area (Å²) in [4.78, 5) is 23.2. The van der Waals surface area contributed by atoms with Crippen LogP contribution >= 0.6 is 0 Å². The zero-order valence-corrected chi connectivity index (χ0v) is 11.2. The maximum atomic E-state index is 12.3. The number of aryl methyl sites for hydroxylation is 1. The van der Waals surface area contributed by atoms with Crippen LogP contribution in [0.4, 0.5) is 10.5 Å². The summed E-state index contributed by atoms with van der Waals surface area (Å²) in [5.74, 6) is -0.0572. The maximum Gasteiger partial charge on any atom is 0.316 e. The molecule has 2 rings (SSSR count). The topological polar surface area (TPSA) is 72.2 Å². The number of carbonyl (C=O) groups excluding carboxylic acids is 2. The number of anilines is 1. The van der Waals surface area contributed by atoms with Crippen molar-refractivity contribution in [2.24, 2.45) is 5.73 Å². The van der Waals surface area contributed by atoms with E-state index in [1.54, 1.807) is 24.3 Å². The number of carbonyl (C=O) groups is 2. The van der Waals surface area contributed by atoms with E-state index in [1.165, 1.54) is 0 Å². The second-order valence-electron chi connectivity index (χ2n) is 4.62. The molecule has 2 aromatic carbocycles. The van der Waals surface area contributed by atoms with Gasteiger partial charge in [-0.25, -0.2) is 4.79 Å². The quantitative estimate of drug-likeness (QED) is 0.837. The summed E-state index contributed by atoms with van der Waals surface area (Å²) in [6.07, 6.45) is 0.289. The lowest BCUT2D eigenvalue weighted by Gasteiger charge is -2.08. The fourth-order valence-corrected chi connectivity index (χ4v) is 1.95. The lowest BCUT2D eigenvalue weighted by Crippen LogP contribution is -2.21. The van der Waals surface area contributed by atoms with Gasteiger partial charge in [-0.15, -0.1) is 0 Å². The van der Waals surface area contributed by atoms with E-state index in [9.17, 15) is 9.59 Å². The van der Waals surface area contributed by atoms with Crippen molar-refractivity contribution < 1.29 is 9.59 Å². The molecule has 2 amide bonds. The summed E-state index contributed by atoms with van der Waals surface area (Å²) in [7, 11) is 0. The van der Waals surface area contributed by atoms with E-state index in [1.807, 2.05) is 31.2 Å². The summed E-state index contributed by atoms with van der Waals surface area (Å²) in [6.45, 7) is 2.00. The SMILES string of the molecule is Cc1ccc(CC(=O)c2ccccc2NC(N)=O)cc1. The van der Waals surface area contributed by atoms with Crippen LogP contribution in [0, 0.1) is 6.92 Å². The van der Waals surface area contributed by atoms with Gasteiger partial charge in [-0.2, -0.15) is 0 Å². The third-order valence-corrected chi connectivity index (χ3v) is 2.97. The van der Waals surface area contributed by atoms with E-state index in [0.717, 1.165) is 11.1 Å². The average Bonchev–Trinajstić information content (AvgIpc) is 2.41. The van der Waals surface area contributed by atoms with Crippen molar-refractivity contribution in [1.82, 2.24) is 0 Å². The van der Waals surface area contributed by atoms with Crippen LogP contribution in [0.15, 0.2) is 48.5 Å². The number of Topliss-reactive ketones (excluding diaryl/α,β-unsaturated/α-hetero) is 1. The number of para-hydroxylation sites is 1. The highest BCUT2D eigenvalue weighted by Crippen LogP contribution is 2.17. The van der Waals surface area contributed by atoms with Crippen LogP contribution < -0.4 is 11.1 Å². The number of urea groups is 1. The highest BCUT2D eigenvalue weighted by molar-refractivity contribution is 6.05. The van der Waals surface area contributed by atoms with Crippen LogP contribution in [0.1, 0.15) is 21.5 Å². The molecule has 0 saturated carbocycles. The largest absolute Gasteiger partial charge is 0.351 e. The van der Waals surface area contributed by atoms with Gasteiger partial charge in [0.1, 0.15) is 0 Å². The Labute approximate surface area is 117 Å². The van der Waals surface area contributed by atoms with Gasteiger partial charge >= 0.3 is 6.03 Å². The fourth-order valence-electron chi connectivity index (χ4n) is 1.95. The predicted octanol–water partition coefficient (Wildman–Crippen LogP) is 2.91. The molecular weight excluding hydrogens is 252 g/mol. The number of rotatable bonds is 4. The molecule has 0 aliphatic carbocycles. The van der Waals surface area contributed by atoms with Crippen molar-refractivity contribution in [1.29, 1.82) is 0 Å². The zero-order valence-electron chi connectivity index (χ0n) is 11.2. The van der Waals surface area contributed by atoms with E-state index in [0.29, 0.717) is 11.3 Å². The fraction of sp³-hybridized carbons (Fsp3) is 0.125. The molecular formula is C16H16N2O2. The number of ketones is 1. The molecule has 0 aromatic heterocycles. The van der Waals surface area contributed by atoms with Crippen molar-refractivity contribution in [3.05, 3.63) is 65.2 Å². The van der Waals surface area contributed by atoms with Crippen molar-refractivity contribution in [2.75, 3.05) is 5.32 Å². The zero-order chi connectivity index (χ0) is 14.5. The first-order valence-corrected chi connectivity index (χ1v) is 6.30. The van der Waals surface area contributed by atoms with E-state index >= 15 is 0 Å².